The molecule has 0 fully saturated rings. The molecular weight excluding hydrogens is 262 g/mol. The average Bonchev–Trinajstić information content (AvgIpc) is 2.47. The maximum Gasteiger partial charge on any atom is 0.251 e. The molecule has 108 valence electrons. The van der Waals surface area contributed by atoms with Gasteiger partial charge in [-0.15, -0.1) is 0 Å². The van der Waals surface area contributed by atoms with Crippen LogP contribution in [0, 0.1) is 13.8 Å². The normalized spacial score (nSPS) is 13.5. The Morgan fingerprint density at radius 3 is 2.67 bits per heavy atom. The molecule has 1 aliphatic rings. The molecule has 3 rings (SSSR count). The molecule has 21 heavy (non-hydrogen) atoms. The van der Waals surface area contributed by atoms with Gasteiger partial charge in [0.2, 0.25) is 0 Å². The van der Waals surface area contributed by atoms with Gasteiger partial charge in [-0.1, -0.05) is 18.2 Å². The fraction of sp³-hybridized carbons (Fsp3) is 0.278. The van der Waals surface area contributed by atoms with Gasteiger partial charge < -0.3 is 10.1 Å². The van der Waals surface area contributed by atoms with Crippen LogP contribution in [0.25, 0.3) is 0 Å². The van der Waals surface area contributed by atoms with Gasteiger partial charge in [-0.25, -0.2) is 0 Å². The summed E-state index contributed by atoms with van der Waals surface area (Å²) in [5, 5.41) is 2.85. The average molecular weight is 281 g/mol. The lowest BCUT2D eigenvalue weighted by atomic mass is 10.00. The first-order valence-corrected chi connectivity index (χ1v) is 7.24. The number of nitrogens with one attached hydrogen (secondary N) is 1. The van der Waals surface area contributed by atoms with Gasteiger partial charge in [0.25, 0.3) is 5.91 Å². The monoisotopic (exact) mass is 281 g/mol. The molecular formula is C18H19NO2. The van der Waals surface area contributed by atoms with Gasteiger partial charge >= 0.3 is 0 Å². The number of carbonyl (C=O) groups is 1. The van der Waals surface area contributed by atoms with Crippen molar-refractivity contribution in [2.75, 3.05) is 6.54 Å². The summed E-state index contributed by atoms with van der Waals surface area (Å²) in [5.41, 5.74) is 5.55. The van der Waals surface area contributed by atoms with Crippen LogP contribution in [-0.4, -0.2) is 12.5 Å². The minimum Gasteiger partial charge on any atom is -0.489 e. The van der Waals surface area contributed by atoms with Crippen LogP contribution in [0.1, 0.15) is 32.6 Å². The smallest absolute Gasteiger partial charge is 0.251 e. The molecule has 2 aromatic carbocycles. The van der Waals surface area contributed by atoms with Crippen LogP contribution in [0.3, 0.4) is 0 Å². The van der Waals surface area contributed by atoms with Crippen molar-refractivity contribution < 1.29 is 9.53 Å². The Hall–Kier alpha value is -2.29. The van der Waals surface area contributed by atoms with E-state index in [0.717, 1.165) is 23.3 Å². The van der Waals surface area contributed by atoms with Crippen molar-refractivity contribution in [3.05, 3.63) is 64.2 Å². The van der Waals surface area contributed by atoms with Crippen LogP contribution < -0.4 is 10.1 Å². The van der Waals surface area contributed by atoms with E-state index in [1.807, 2.05) is 18.2 Å². The van der Waals surface area contributed by atoms with E-state index in [4.69, 9.17) is 4.74 Å². The van der Waals surface area contributed by atoms with E-state index in [1.54, 1.807) is 0 Å². The summed E-state index contributed by atoms with van der Waals surface area (Å²) in [6.45, 7) is 5.46. The molecule has 0 aromatic heterocycles. The number of fused-ring (bicyclic) bond motifs is 1. The number of rotatable bonds is 3. The molecule has 1 amide bonds. The lowest BCUT2D eigenvalue weighted by molar-refractivity contribution is 0.0946. The van der Waals surface area contributed by atoms with Crippen molar-refractivity contribution in [2.45, 2.75) is 26.9 Å². The van der Waals surface area contributed by atoms with Gasteiger partial charge in [0.15, 0.2) is 0 Å². The second-order valence-corrected chi connectivity index (χ2v) is 5.48. The molecule has 0 saturated heterocycles. The van der Waals surface area contributed by atoms with Gasteiger partial charge in [0.05, 0.1) is 0 Å². The lowest BCUT2D eigenvalue weighted by Gasteiger charge is -2.18. The molecule has 0 spiro atoms. The van der Waals surface area contributed by atoms with Crippen LogP contribution in [0.5, 0.6) is 5.75 Å². The van der Waals surface area contributed by atoms with Crippen molar-refractivity contribution in [3.8, 4) is 5.75 Å². The fourth-order valence-corrected chi connectivity index (χ4v) is 2.73. The van der Waals surface area contributed by atoms with E-state index in [1.165, 1.54) is 16.7 Å². The van der Waals surface area contributed by atoms with Gasteiger partial charge in [0, 0.05) is 12.1 Å². The maximum atomic E-state index is 11.7. The van der Waals surface area contributed by atoms with Crippen molar-refractivity contribution in [1.29, 1.82) is 0 Å². The summed E-state index contributed by atoms with van der Waals surface area (Å²) in [6.07, 6.45) is 0.863. The third-order valence-corrected chi connectivity index (χ3v) is 4.03. The van der Waals surface area contributed by atoms with E-state index < -0.39 is 0 Å². The third-order valence-electron chi connectivity index (χ3n) is 4.03. The first-order valence-electron chi connectivity index (χ1n) is 7.24. The molecule has 1 aliphatic heterocycles. The summed E-state index contributed by atoms with van der Waals surface area (Å²) in [7, 11) is 0. The summed E-state index contributed by atoms with van der Waals surface area (Å²) in [5.74, 6) is 0.837. The second kappa shape index (κ2) is 5.60. The van der Waals surface area contributed by atoms with E-state index in [9.17, 15) is 4.79 Å². The summed E-state index contributed by atoms with van der Waals surface area (Å²) >= 11 is 0. The van der Waals surface area contributed by atoms with Crippen molar-refractivity contribution in [1.82, 2.24) is 5.32 Å². The van der Waals surface area contributed by atoms with E-state index in [0.29, 0.717) is 13.2 Å². The Labute approximate surface area is 124 Å². The molecule has 0 bridgehead atoms. The molecule has 0 saturated carbocycles. The number of ether oxygens (including phenoxy) is 1. The Balaban J connectivity index is 1.78. The molecule has 3 heteroatoms. The first kappa shape index (κ1) is 13.7. The molecule has 3 nitrogen and oxygen atoms in total. The van der Waals surface area contributed by atoms with Crippen molar-refractivity contribution in [2.24, 2.45) is 0 Å². The number of hydrogen-bond donors (Lipinski definition) is 1. The molecule has 0 radical (unpaired) electrons. The SMILES string of the molecule is Cc1cccc(C)c1COc1ccc2c(c1)CCNC2=O. The topological polar surface area (TPSA) is 38.3 Å². The number of aryl methyl sites for hydroxylation is 2. The van der Waals surface area contributed by atoms with Crippen LogP contribution in [-0.2, 0) is 13.0 Å². The lowest BCUT2D eigenvalue weighted by Crippen LogP contribution is -2.31. The molecule has 2 aromatic rings. The summed E-state index contributed by atoms with van der Waals surface area (Å²) in [4.78, 5) is 11.7. The molecule has 0 aliphatic carbocycles. The van der Waals surface area contributed by atoms with E-state index in [2.05, 4.69) is 37.4 Å². The summed E-state index contributed by atoms with van der Waals surface area (Å²) in [6, 6.07) is 12.0. The minimum absolute atomic E-state index is 0.0116. The zero-order valence-corrected chi connectivity index (χ0v) is 12.4. The number of amides is 1. The quantitative estimate of drug-likeness (QED) is 0.938. The Kier molecular flexibility index (Phi) is 3.65. The van der Waals surface area contributed by atoms with Gasteiger partial charge in [-0.3, -0.25) is 4.79 Å². The van der Waals surface area contributed by atoms with Crippen LogP contribution in [0.2, 0.25) is 0 Å². The predicted octanol–water partition coefficient (Wildman–Crippen LogP) is 3.17. The third kappa shape index (κ3) is 2.77. The Bertz CT molecular complexity index is 671. The highest BCUT2D eigenvalue weighted by atomic mass is 16.5. The number of hydrogen-bond acceptors (Lipinski definition) is 2. The highest BCUT2D eigenvalue weighted by Crippen LogP contribution is 2.22. The van der Waals surface area contributed by atoms with Gasteiger partial charge in [-0.05, 0) is 60.7 Å². The van der Waals surface area contributed by atoms with Crippen molar-refractivity contribution >= 4 is 5.91 Å². The standard InChI is InChI=1S/C18H19NO2/c1-12-4-3-5-13(2)17(12)11-21-15-6-7-16-14(10-15)8-9-19-18(16)20/h3-7,10H,8-9,11H2,1-2H3,(H,19,20). The maximum absolute atomic E-state index is 11.7. The highest BCUT2D eigenvalue weighted by Gasteiger charge is 2.16. The zero-order chi connectivity index (χ0) is 14.8. The highest BCUT2D eigenvalue weighted by molar-refractivity contribution is 5.96. The van der Waals surface area contributed by atoms with Gasteiger partial charge in [0.1, 0.15) is 12.4 Å². The Morgan fingerprint density at radius 1 is 1.14 bits per heavy atom. The second-order valence-electron chi connectivity index (χ2n) is 5.48. The fourth-order valence-electron chi connectivity index (χ4n) is 2.73. The number of carbonyl (C=O) groups excluding carboxylic acids is 1. The first-order chi connectivity index (χ1) is 10.1. The molecule has 0 atom stereocenters. The van der Waals surface area contributed by atoms with Crippen LogP contribution >= 0.6 is 0 Å². The van der Waals surface area contributed by atoms with E-state index in [-0.39, 0.29) is 5.91 Å². The zero-order valence-electron chi connectivity index (χ0n) is 12.4. The largest absolute Gasteiger partial charge is 0.489 e. The predicted molar refractivity (Wildman–Crippen MR) is 82.7 cm³/mol. The van der Waals surface area contributed by atoms with Crippen molar-refractivity contribution in [3.63, 3.8) is 0 Å². The Morgan fingerprint density at radius 2 is 1.90 bits per heavy atom. The van der Waals surface area contributed by atoms with E-state index >= 15 is 0 Å². The summed E-state index contributed by atoms with van der Waals surface area (Å²) < 4.78 is 5.92. The van der Waals surface area contributed by atoms with Crippen LogP contribution in [0.4, 0.5) is 0 Å². The molecule has 1 N–H and O–H groups in total. The molecule has 0 unspecified atom stereocenters. The van der Waals surface area contributed by atoms with Crippen LogP contribution in [0.15, 0.2) is 36.4 Å². The minimum atomic E-state index is 0.0116. The molecule has 1 heterocycles. The number of benzene rings is 2. The van der Waals surface area contributed by atoms with Gasteiger partial charge in [-0.2, -0.15) is 0 Å².